The first-order valence-electron chi connectivity index (χ1n) is 7.01. The van der Waals surface area contributed by atoms with Crippen LogP contribution in [0.15, 0.2) is 61.2 Å². The van der Waals surface area contributed by atoms with Gasteiger partial charge in [-0.2, -0.15) is 5.26 Å². The van der Waals surface area contributed by atoms with Gasteiger partial charge in [0.2, 0.25) is 0 Å². The van der Waals surface area contributed by atoms with Gasteiger partial charge in [-0.05, 0) is 41.5 Å². The summed E-state index contributed by atoms with van der Waals surface area (Å²) in [4.78, 5) is 0. The Morgan fingerprint density at radius 2 is 1.50 bits per heavy atom. The van der Waals surface area contributed by atoms with Crippen molar-refractivity contribution in [3.05, 3.63) is 83.4 Å². The molecule has 0 radical (unpaired) electrons. The minimum absolute atomic E-state index is 0.592. The maximum atomic E-state index is 9.99. The molecule has 0 unspecified atom stereocenters. The van der Waals surface area contributed by atoms with E-state index in [2.05, 4.69) is 49.0 Å². The van der Waals surface area contributed by atoms with E-state index in [1.807, 2.05) is 18.2 Å². The molecule has 0 spiro atoms. The van der Waals surface area contributed by atoms with Crippen LogP contribution in [0.25, 0.3) is 0 Å². The molecule has 20 heavy (non-hydrogen) atoms. The predicted octanol–water partition coefficient (Wildman–Crippen LogP) is 4.17. The van der Waals surface area contributed by atoms with Gasteiger partial charge in [-0.3, -0.25) is 0 Å². The summed E-state index contributed by atoms with van der Waals surface area (Å²) in [6, 6.07) is 19.3. The zero-order chi connectivity index (χ0) is 14.0. The summed E-state index contributed by atoms with van der Waals surface area (Å²) in [5, 5.41) is 9.99. The lowest BCUT2D eigenvalue weighted by molar-refractivity contribution is 0.666. The molecule has 2 aromatic rings. The van der Waals surface area contributed by atoms with Gasteiger partial charge in [0.1, 0.15) is 5.41 Å². The number of rotatable bonds is 2. The van der Waals surface area contributed by atoms with E-state index in [0.29, 0.717) is 6.42 Å². The number of aryl methyl sites for hydroxylation is 2. The fraction of sp³-hybridized carbons (Fsp3) is 0.211. The number of hydrogen-bond acceptors (Lipinski definition) is 1. The Bertz CT molecular complexity index is 643. The summed E-state index contributed by atoms with van der Waals surface area (Å²) in [6.45, 7) is 3.87. The van der Waals surface area contributed by atoms with Crippen molar-refractivity contribution in [1.29, 1.82) is 5.26 Å². The van der Waals surface area contributed by atoms with Crippen molar-refractivity contribution in [2.45, 2.75) is 24.7 Å². The van der Waals surface area contributed by atoms with E-state index in [-0.39, 0.29) is 0 Å². The number of hydrogen-bond donors (Lipinski definition) is 0. The van der Waals surface area contributed by atoms with Crippen LogP contribution in [0.3, 0.4) is 0 Å². The number of allylic oxidation sites excluding steroid dienone is 1. The lowest BCUT2D eigenvalue weighted by Gasteiger charge is -2.28. The topological polar surface area (TPSA) is 23.8 Å². The fourth-order valence-electron chi connectivity index (χ4n) is 3.33. The van der Waals surface area contributed by atoms with Crippen LogP contribution in [0.4, 0.5) is 0 Å². The lowest BCUT2D eigenvalue weighted by atomic mass is 9.71. The Morgan fingerprint density at radius 3 is 1.95 bits per heavy atom. The molecule has 0 atom stereocenters. The summed E-state index contributed by atoms with van der Waals surface area (Å²) < 4.78 is 0. The average molecular weight is 259 g/mol. The van der Waals surface area contributed by atoms with Crippen molar-refractivity contribution >= 4 is 0 Å². The highest BCUT2D eigenvalue weighted by atomic mass is 14.4. The Morgan fingerprint density at radius 1 is 1.00 bits per heavy atom. The Labute approximate surface area is 120 Å². The molecule has 98 valence electrons. The van der Waals surface area contributed by atoms with Gasteiger partial charge in [-0.15, -0.1) is 6.58 Å². The molecule has 0 saturated heterocycles. The number of benzene rings is 2. The van der Waals surface area contributed by atoms with E-state index in [1.54, 1.807) is 0 Å². The zero-order valence-electron chi connectivity index (χ0n) is 11.5. The molecule has 0 saturated carbocycles. The molecular weight excluding hydrogens is 242 g/mol. The lowest BCUT2D eigenvalue weighted by Crippen LogP contribution is -2.26. The summed E-state index contributed by atoms with van der Waals surface area (Å²) in [5.74, 6) is 0. The molecule has 0 bridgehead atoms. The first-order valence-corrected chi connectivity index (χ1v) is 7.01. The van der Waals surface area contributed by atoms with E-state index in [1.165, 1.54) is 11.1 Å². The number of nitrogens with zero attached hydrogens (tertiary/aromatic N) is 1. The first-order chi connectivity index (χ1) is 9.81. The second-order valence-corrected chi connectivity index (χ2v) is 5.32. The van der Waals surface area contributed by atoms with Gasteiger partial charge >= 0.3 is 0 Å². The minimum atomic E-state index is -0.592. The highest BCUT2D eigenvalue weighted by molar-refractivity contribution is 5.54. The van der Waals surface area contributed by atoms with Crippen LogP contribution < -0.4 is 0 Å². The smallest absolute Gasteiger partial charge is 0.111 e. The Balaban J connectivity index is 2.35. The normalized spacial score (nSPS) is 15.3. The molecule has 0 heterocycles. The molecule has 0 aromatic heterocycles. The van der Waals surface area contributed by atoms with Crippen molar-refractivity contribution in [2.75, 3.05) is 0 Å². The van der Waals surface area contributed by atoms with Gasteiger partial charge in [0.15, 0.2) is 0 Å². The molecular formula is C19H17N. The van der Waals surface area contributed by atoms with Gasteiger partial charge in [0.05, 0.1) is 6.07 Å². The number of fused-ring (bicyclic) bond motifs is 2. The standard InChI is InChI=1S/C19H17N/c1-2-13-19(14-20)17-9-5-3-7-15(17)11-12-16-8-4-6-10-18(16)19/h2-10H,1,11-13H2. The van der Waals surface area contributed by atoms with Crippen LogP contribution in [-0.2, 0) is 18.3 Å². The maximum absolute atomic E-state index is 9.99. The van der Waals surface area contributed by atoms with Crippen LogP contribution >= 0.6 is 0 Å². The predicted molar refractivity (Wildman–Crippen MR) is 81.5 cm³/mol. The highest BCUT2D eigenvalue weighted by Gasteiger charge is 2.38. The largest absolute Gasteiger partial charge is 0.197 e. The molecule has 1 aliphatic carbocycles. The SMILES string of the molecule is C=CCC1(C#N)c2ccccc2CCc2ccccc21. The van der Waals surface area contributed by atoms with Gasteiger partial charge in [0, 0.05) is 0 Å². The summed E-state index contributed by atoms with van der Waals surface area (Å²) >= 11 is 0. The van der Waals surface area contributed by atoms with Crippen LogP contribution in [0.5, 0.6) is 0 Å². The molecule has 3 rings (SSSR count). The molecule has 0 N–H and O–H groups in total. The van der Waals surface area contributed by atoms with E-state index >= 15 is 0 Å². The summed E-state index contributed by atoms with van der Waals surface area (Å²) in [7, 11) is 0. The summed E-state index contributed by atoms with van der Waals surface area (Å²) in [6.07, 6.45) is 4.50. The molecule has 1 heteroatoms. The van der Waals surface area contributed by atoms with Crippen molar-refractivity contribution < 1.29 is 0 Å². The highest BCUT2D eigenvalue weighted by Crippen LogP contribution is 2.41. The fourth-order valence-corrected chi connectivity index (χ4v) is 3.33. The maximum Gasteiger partial charge on any atom is 0.111 e. The van der Waals surface area contributed by atoms with E-state index < -0.39 is 5.41 Å². The zero-order valence-corrected chi connectivity index (χ0v) is 11.5. The third kappa shape index (κ3) is 1.77. The quantitative estimate of drug-likeness (QED) is 0.742. The van der Waals surface area contributed by atoms with Gasteiger partial charge in [-0.1, -0.05) is 54.6 Å². The molecule has 0 amide bonds. The van der Waals surface area contributed by atoms with Crippen LogP contribution in [0.1, 0.15) is 28.7 Å². The second kappa shape index (κ2) is 4.98. The van der Waals surface area contributed by atoms with Crippen molar-refractivity contribution in [3.63, 3.8) is 0 Å². The van der Waals surface area contributed by atoms with Crippen LogP contribution in [-0.4, -0.2) is 0 Å². The average Bonchev–Trinajstić information content (AvgIpc) is 2.64. The van der Waals surface area contributed by atoms with E-state index in [9.17, 15) is 5.26 Å². The second-order valence-electron chi connectivity index (χ2n) is 5.32. The van der Waals surface area contributed by atoms with Crippen LogP contribution in [0, 0.1) is 11.3 Å². The van der Waals surface area contributed by atoms with Crippen LogP contribution in [0.2, 0.25) is 0 Å². The van der Waals surface area contributed by atoms with Crippen molar-refractivity contribution in [3.8, 4) is 6.07 Å². The number of nitriles is 1. The van der Waals surface area contributed by atoms with Gasteiger partial charge in [-0.25, -0.2) is 0 Å². The first kappa shape index (κ1) is 12.7. The Hall–Kier alpha value is -2.33. The Kier molecular flexibility index (Phi) is 3.16. The minimum Gasteiger partial charge on any atom is -0.197 e. The van der Waals surface area contributed by atoms with E-state index in [4.69, 9.17) is 0 Å². The molecule has 0 fully saturated rings. The molecule has 1 nitrogen and oxygen atoms in total. The monoisotopic (exact) mass is 259 g/mol. The van der Waals surface area contributed by atoms with Gasteiger partial charge in [0.25, 0.3) is 0 Å². The third-order valence-electron chi connectivity index (χ3n) is 4.26. The van der Waals surface area contributed by atoms with Crippen molar-refractivity contribution in [1.82, 2.24) is 0 Å². The third-order valence-corrected chi connectivity index (χ3v) is 4.26. The molecule has 0 aliphatic heterocycles. The molecule has 2 aromatic carbocycles. The van der Waals surface area contributed by atoms with Gasteiger partial charge < -0.3 is 0 Å². The summed E-state index contributed by atoms with van der Waals surface area (Å²) in [5.41, 5.74) is 4.27. The van der Waals surface area contributed by atoms with Crippen molar-refractivity contribution in [2.24, 2.45) is 0 Å². The molecule has 1 aliphatic rings. The van der Waals surface area contributed by atoms with E-state index in [0.717, 1.165) is 24.0 Å².